The number of methoxy groups -OCH3 is 1. The summed E-state index contributed by atoms with van der Waals surface area (Å²) in [5.74, 6) is -2.84. The van der Waals surface area contributed by atoms with E-state index >= 15 is 0 Å². The number of urea groups is 1. The maximum Gasteiger partial charge on any atom is 0.440 e. The Balaban J connectivity index is 1.99. The van der Waals surface area contributed by atoms with E-state index in [9.17, 15) is 27.6 Å². The summed E-state index contributed by atoms with van der Waals surface area (Å²) in [6, 6.07) is 11.4. The van der Waals surface area contributed by atoms with Crippen molar-refractivity contribution >= 4 is 17.8 Å². The Kier molecular flexibility index (Phi) is 5.43. The number of ether oxygens (including phenoxy) is 1. The molecule has 0 aromatic heterocycles. The van der Waals surface area contributed by atoms with Gasteiger partial charge in [-0.25, -0.2) is 4.79 Å². The molecule has 4 amide bonds. The fraction of sp³-hybridized carbons (Fsp3) is 0.250. The standard InChI is InChI=1S/C20H18F3N3O4/c1-12(13-8-4-3-5-9-13)26-17(28)19(20(21,22)23,25-18(26)29)24-16(27)14-10-6-7-11-15(14)30-2/h3-12H,1-2H3,(H,24,27)(H,25,29)/t12-,19+/m1/s1. The van der Waals surface area contributed by atoms with E-state index in [-0.39, 0.29) is 11.3 Å². The van der Waals surface area contributed by atoms with Crippen LogP contribution in [-0.4, -0.2) is 41.7 Å². The van der Waals surface area contributed by atoms with Crippen molar-refractivity contribution in [2.75, 3.05) is 7.11 Å². The molecule has 10 heteroatoms. The van der Waals surface area contributed by atoms with Gasteiger partial charge in [0.25, 0.3) is 17.5 Å². The Labute approximate surface area is 169 Å². The molecule has 2 aromatic carbocycles. The third-order valence-corrected chi connectivity index (χ3v) is 4.80. The molecule has 3 rings (SSSR count). The second-order valence-electron chi connectivity index (χ2n) is 6.59. The third kappa shape index (κ3) is 3.44. The zero-order valence-electron chi connectivity index (χ0n) is 16.0. The van der Waals surface area contributed by atoms with Crippen molar-refractivity contribution in [3.63, 3.8) is 0 Å². The third-order valence-electron chi connectivity index (χ3n) is 4.80. The smallest absolute Gasteiger partial charge is 0.440 e. The highest BCUT2D eigenvalue weighted by molar-refractivity contribution is 6.11. The number of hydrogen-bond donors (Lipinski definition) is 2. The Morgan fingerprint density at radius 2 is 1.70 bits per heavy atom. The molecule has 0 unspecified atom stereocenters. The van der Waals surface area contributed by atoms with Crippen LogP contribution in [0.1, 0.15) is 28.9 Å². The molecular formula is C20H18F3N3O4. The minimum atomic E-state index is -5.30. The Morgan fingerprint density at radius 1 is 1.10 bits per heavy atom. The van der Waals surface area contributed by atoms with Crippen LogP contribution in [0.2, 0.25) is 0 Å². The molecule has 7 nitrogen and oxygen atoms in total. The molecule has 0 spiro atoms. The molecule has 2 atom stereocenters. The number of para-hydroxylation sites is 1. The minimum Gasteiger partial charge on any atom is -0.496 e. The lowest BCUT2D eigenvalue weighted by atomic mass is 10.0. The fourth-order valence-electron chi connectivity index (χ4n) is 3.20. The van der Waals surface area contributed by atoms with Gasteiger partial charge in [0.2, 0.25) is 0 Å². The predicted octanol–water partition coefficient (Wildman–Crippen LogP) is 3.00. The van der Waals surface area contributed by atoms with Crippen LogP contribution in [0.3, 0.4) is 0 Å². The highest BCUT2D eigenvalue weighted by atomic mass is 19.4. The number of carbonyl (C=O) groups excluding carboxylic acids is 3. The molecule has 1 saturated heterocycles. The van der Waals surface area contributed by atoms with Gasteiger partial charge in [0.15, 0.2) is 0 Å². The van der Waals surface area contributed by atoms with Crippen LogP contribution in [-0.2, 0) is 4.79 Å². The molecule has 2 aromatic rings. The number of hydrogen-bond acceptors (Lipinski definition) is 4. The van der Waals surface area contributed by atoms with Gasteiger partial charge in [0.05, 0.1) is 18.7 Å². The van der Waals surface area contributed by atoms with Crippen LogP contribution >= 0.6 is 0 Å². The predicted molar refractivity (Wildman–Crippen MR) is 99.5 cm³/mol. The molecule has 158 valence electrons. The normalized spacial score (nSPS) is 20.0. The summed E-state index contributed by atoms with van der Waals surface area (Å²) in [4.78, 5) is 38.4. The second kappa shape index (κ2) is 7.69. The fourth-order valence-corrected chi connectivity index (χ4v) is 3.20. The molecule has 0 saturated carbocycles. The van der Waals surface area contributed by atoms with Crippen molar-refractivity contribution in [3.8, 4) is 5.75 Å². The van der Waals surface area contributed by atoms with Gasteiger partial charge in [-0.1, -0.05) is 42.5 Å². The largest absolute Gasteiger partial charge is 0.496 e. The molecule has 1 aliphatic heterocycles. The molecule has 1 aliphatic rings. The van der Waals surface area contributed by atoms with Gasteiger partial charge in [-0.15, -0.1) is 0 Å². The van der Waals surface area contributed by atoms with Gasteiger partial charge in [0.1, 0.15) is 5.75 Å². The summed E-state index contributed by atoms with van der Waals surface area (Å²) >= 11 is 0. The van der Waals surface area contributed by atoms with Crippen LogP contribution in [0.4, 0.5) is 18.0 Å². The van der Waals surface area contributed by atoms with E-state index in [4.69, 9.17) is 4.74 Å². The van der Waals surface area contributed by atoms with Crippen molar-refractivity contribution < 1.29 is 32.3 Å². The molecule has 0 radical (unpaired) electrons. The minimum absolute atomic E-state index is 0.0126. The first kappa shape index (κ1) is 21.2. The van der Waals surface area contributed by atoms with Gasteiger partial charge >= 0.3 is 12.2 Å². The number of nitrogens with zero attached hydrogens (tertiary/aromatic N) is 1. The van der Waals surface area contributed by atoms with E-state index in [1.807, 2.05) is 0 Å². The van der Waals surface area contributed by atoms with Gasteiger partial charge in [0, 0.05) is 0 Å². The number of alkyl halides is 3. The summed E-state index contributed by atoms with van der Waals surface area (Å²) < 4.78 is 47.1. The Morgan fingerprint density at radius 3 is 2.30 bits per heavy atom. The average Bonchev–Trinajstić information content (AvgIpc) is 2.98. The summed E-state index contributed by atoms with van der Waals surface area (Å²) in [7, 11) is 1.25. The first-order valence-electron chi connectivity index (χ1n) is 8.85. The number of imide groups is 1. The van der Waals surface area contributed by atoms with Crippen LogP contribution in [0, 0.1) is 0 Å². The lowest BCUT2D eigenvalue weighted by Gasteiger charge is -2.30. The van der Waals surface area contributed by atoms with Crippen LogP contribution in [0.25, 0.3) is 0 Å². The summed E-state index contributed by atoms with van der Waals surface area (Å²) in [6.45, 7) is 1.42. The number of nitrogens with one attached hydrogen (secondary N) is 2. The van der Waals surface area contributed by atoms with E-state index in [1.165, 1.54) is 38.3 Å². The summed E-state index contributed by atoms with van der Waals surface area (Å²) in [6.07, 6.45) is -5.30. The first-order valence-corrected chi connectivity index (χ1v) is 8.85. The lowest BCUT2D eigenvalue weighted by molar-refractivity contribution is -0.200. The van der Waals surface area contributed by atoms with Crippen LogP contribution in [0.5, 0.6) is 5.75 Å². The van der Waals surface area contributed by atoms with Crippen molar-refractivity contribution in [3.05, 3.63) is 65.7 Å². The average molecular weight is 421 g/mol. The van der Waals surface area contributed by atoms with E-state index in [1.54, 1.807) is 41.0 Å². The SMILES string of the molecule is COc1ccccc1C(=O)N[C@]1(C(F)(F)F)NC(=O)N([C@H](C)c2ccccc2)C1=O. The Hall–Kier alpha value is -3.56. The zero-order valence-corrected chi connectivity index (χ0v) is 16.0. The number of rotatable bonds is 5. The molecule has 30 heavy (non-hydrogen) atoms. The molecule has 1 fully saturated rings. The van der Waals surface area contributed by atoms with Crippen molar-refractivity contribution in [1.29, 1.82) is 0 Å². The highest BCUT2D eigenvalue weighted by Gasteiger charge is 2.69. The topological polar surface area (TPSA) is 87.7 Å². The van der Waals surface area contributed by atoms with Gasteiger partial charge < -0.3 is 10.1 Å². The van der Waals surface area contributed by atoms with Crippen LogP contribution in [0.15, 0.2) is 54.6 Å². The number of benzene rings is 2. The maximum atomic E-state index is 14.0. The molecule has 1 heterocycles. The van der Waals surface area contributed by atoms with Gasteiger partial charge in [-0.2, -0.15) is 13.2 Å². The van der Waals surface area contributed by atoms with E-state index < -0.39 is 35.7 Å². The summed E-state index contributed by atoms with van der Waals surface area (Å²) in [5.41, 5.74) is -3.37. The number of halogens is 3. The number of carbonyl (C=O) groups is 3. The van der Waals surface area contributed by atoms with E-state index in [0.717, 1.165) is 0 Å². The second-order valence-corrected chi connectivity index (χ2v) is 6.59. The van der Waals surface area contributed by atoms with E-state index in [0.29, 0.717) is 10.5 Å². The van der Waals surface area contributed by atoms with Crippen LogP contribution < -0.4 is 15.4 Å². The highest BCUT2D eigenvalue weighted by Crippen LogP contribution is 2.37. The van der Waals surface area contributed by atoms with Crippen molar-refractivity contribution in [1.82, 2.24) is 15.5 Å². The lowest BCUT2D eigenvalue weighted by Crippen LogP contribution is -2.69. The van der Waals surface area contributed by atoms with Gasteiger partial charge in [-0.3, -0.25) is 19.8 Å². The monoisotopic (exact) mass is 421 g/mol. The molecular weight excluding hydrogens is 403 g/mol. The van der Waals surface area contributed by atoms with Crippen molar-refractivity contribution in [2.45, 2.75) is 24.8 Å². The quantitative estimate of drug-likeness (QED) is 0.727. The number of amides is 4. The molecule has 0 bridgehead atoms. The summed E-state index contributed by atoms with van der Waals surface area (Å²) in [5, 5.41) is 3.31. The first-order chi connectivity index (χ1) is 14.1. The van der Waals surface area contributed by atoms with Crippen molar-refractivity contribution in [2.24, 2.45) is 0 Å². The zero-order chi connectivity index (χ0) is 22.1. The van der Waals surface area contributed by atoms with E-state index in [2.05, 4.69) is 0 Å². The molecule has 0 aliphatic carbocycles. The maximum absolute atomic E-state index is 14.0. The molecule has 2 N–H and O–H groups in total. The Bertz CT molecular complexity index is 981. The van der Waals surface area contributed by atoms with Gasteiger partial charge in [-0.05, 0) is 24.6 Å².